The van der Waals surface area contributed by atoms with Crippen LogP contribution in [0.3, 0.4) is 0 Å². The van der Waals surface area contributed by atoms with E-state index in [9.17, 15) is 4.79 Å². The summed E-state index contributed by atoms with van der Waals surface area (Å²) >= 11 is 1.65. The molecule has 0 atom stereocenters. The van der Waals surface area contributed by atoms with E-state index in [1.807, 2.05) is 72.8 Å². The Kier molecular flexibility index (Phi) is 6.06. The van der Waals surface area contributed by atoms with Crippen molar-refractivity contribution < 1.29 is 4.79 Å². The van der Waals surface area contributed by atoms with Gasteiger partial charge in [0.15, 0.2) is 11.6 Å². The lowest BCUT2D eigenvalue weighted by Crippen LogP contribution is -2.34. The number of amidine groups is 1. The number of benzene rings is 3. The summed E-state index contributed by atoms with van der Waals surface area (Å²) in [6.07, 6.45) is 0. The second kappa shape index (κ2) is 8.87. The smallest absolute Gasteiger partial charge is 0.196 e. The number of anilines is 1. The van der Waals surface area contributed by atoms with Gasteiger partial charge in [0.05, 0.1) is 11.4 Å². The van der Waals surface area contributed by atoms with Crippen LogP contribution < -0.4 is 10.9 Å². The molecule has 0 fully saturated rings. The van der Waals surface area contributed by atoms with Gasteiger partial charge in [-0.3, -0.25) is 15.6 Å². The number of rotatable bonds is 6. The first kappa shape index (κ1) is 17.8. The lowest BCUT2D eigenvalue weighted by molar-refractivity contribution is -0.111. The van der Waals surface area contributed by atoms with Crippen LogP contribution >= 0.6 is 11.8 Å². The summed E-state index contributed by atoms with van der Waals surface area (Å²) in [5.41, 5.74) is 7.66. The molecule has 0 unspecified atom stereocenters. The Morgan fingerprint density at radius 2 is 1.46 bits per heavy atom. The molecule has 2 N–H and O–H groups in total. The van der Waals surface area contributed by atoms with Crippen LogP contribution in [0.1, 0.15) is 6.92 Å². The molecule has 0 amide bonds. The van der Waals surface area contributed by atoms with Crippen LogP contribution in [0.4, 0.5) is 11.4 Å². The highest BCUT2D eigenvalue weighted by atomic mass is 32.2. The average Bonchev–Trinajstić information content (AvgIpc) is 2.67. The Hall–Kier alpha value is -3.05. The highest BCUT2D eigenvalue weighted by Crippen LogP contribution is 2.32. The van der Waals surface area contributed by atoms with Gasteiger partial charge < -0.3 is 0 Å². The summed E-state index contributed by atoms with van der Waals surface area (Å²) in [5, 5.41) is 0. The molecule has 0 bridgehead atoms. The molecule has 3 aromatic carbocycles. The van der Waals surface area contributed by atoms with Crippen molar-refractivity contribution in [3.63, 3.8) is 0 Å². The first-order valence-electron chi connectivity index (χ1n) is 8.21. The highest BCUT2D eigenvalue weighted by Gasteiger charge is 2.08. The molecule has 4 nitrogen and oxygen atoms in total. The largest absolute Gasteiger partial charge is 0.298 e. The zero-order valence-corrected chi connectivity index (χ0v) is 15.2. The minimum Gasteiger partial charge on any atom is -0.298 e. The molecule has 0 radical (unpaired) electrons. The maximum absolute atomic E-state index is 11.9. The fraction of sp³-hybridized carbons (Fsp3) is 0.0476. The molecule has 0 spiro atoms. The van der Waals surface area contributed by atoms with E-state index in [4.69, 9.17) is 0 Å². The minimum absolute atomic E-state index is 0.144. The van der Waals surface area contributed by atoms with Crippen LogP contribution in [-0.4, -0.2) is 11.6 Å². The second-order valence-corrected chi connectivity index (χ2v) is 6.63. The molecule has 3 aromatic rings. The number of aliphatic imine (C=N–C) groups is 1. The summed E-state index contributed by atoms with van der Waals surface area (Å²) in [4.78, 5) is 18.5. The third-order valence-corrected chi connectivity index (χ3v) is 4.59. The monoisotopic (exact) mass is 361 g/mol. The van der Waals surface area contributed by atoms with E-state index in [0.29, 0.717) is 0 Å². The van der Waals surface area contributed by atoms with Gasteiger partial charge in [0.25, 0.3) is 0 Å². The molecule has 0 aliphatic rings. The van der Waals surface area contributed by atoms with Gasteiger partial charge in [-0.25, -0.2) is 4.99 Å². The Labute approximate surface area is 157 Å². The third-order valence-electron chi connectivity index (χ3n) is 3.50. The molecule has 130 valence electrons. The molecule has 0 aliphatic carbocycles. The highest BCUT2D eigenvalue weighted by molar-refractivity contribution is 7.99. The first-order chi connectivity index (χ1) is 12.7. The maximum atomic E-state index is 11.9. The van der Waals surface area contributed by atoms with Crippen LogP contribution in [0.25, 0.3) is 0 Å². The molecule has 0 heterocycles. The topological polar surface area (TPSA) is 53.5 Å². The van der Waals surface area contributed by atoms with E-state index >= 15 is 0 Å². The van der Waals surface area contributed by atoms with Gasteiger partial charge in [-0.2, -0.15) is 0 Å². The van der Waals surface area contributed by atoms with Gasteiger partial charge in [0, 0.05) is 16.7 Å². The summed E-state index contributed by atoms with van der Waals surface area (Å²) in [6, 6.07) is 27.4. The number of hydrazine groups is 1. The van der Waals surface area contributed by atoms with Crippen LogP contribution in [-0.2, 0) is 4.79 Å². The van der Waals surface area contributed by atoms with Crippen molar-refractivity contribution in [3.8, 4) is 0 Å². The van der Waals surface area contributed by atoms with E-state index in [2.05, 4.69) is 28.0 Å². The molecule has 0 saturated carbocycles. The fourth-order valence-corrected chi connectivity index (χ4v) is 3.15. The molecular formula is C21H19N3OS. The first-order valence-corrected chi connectivity index (χ1v) is 9.02. The van der Waals surface area contributed by atoms with Gasteiger partial charge >= 0.3 is 0 Å². The maximum Gasteiger partial charge on any atom is 0.196 e. The third kappa shape index (κ3) is 4.97. The van der Waals surface area contributed by atoms with E-state index in [0.717, 1.165) is 21.2 Å². The summed E-state index contributed by atoms with van der Waals surface area (Å²) in [5.74, 6) is 0.116. The van der Waals surface area contributed by atoms with Crippen molar-refractivity contribution in [3.05, 3.63) is 84.9 Å². The number of nitrogens with one attached hydrogen (secondary N) is 2. The Morgan fingerprint density at radius 3 is 2.15 bits per heavy atom. The Morgan fingerprint density at radius 1 is 0.846 bits per heavy atom. The predicted octanol–water partition coefficient (Wildman–Crippen LogP) is 5.07. The van der Waals surface area contributed by atoms with Gasteiger partial charge in [-0.1, -0.05) is 60.3 Å². The van der Waals surface area contributed by atoms with Crippen molar-refractivity contribution in [2.24, 2.45) is 4.99 Å². The zero-order valence-electron chi connectivity index (χ0n) is 14.3. The molecular weight excluding hydrogens is 342 g/mol. The van der Waals surface area contributed by atoms with Crippen molar-refractivity contribution in [1.29, 1.82) is 0 Å². The standard InChI is InChI=1S/C21H19N3OS/c1-16(25)21(22-17-10-4-2-5-11-17)24-23-19-14-8-9-15-20(19)26-18-12-6-3-7-13-18/h2-15,23H,1H3,(H,22,24). The van der Waals surface area contributed by atoms with Crippen molar-refractivity contribution in [1.82, 2.24) is 5.43 Å². The predicted molar refractivity (Wildman–Crippen MR) is 108 cm³/mol. The van der Waals surface area contributed by atoms with Gasteiger partial charge in [-0.15, -0.1) is 0 Å². The number of carbonyl (C=O) groups excluding carboxylic acids is 1. The van der Waals surface area contributed by atoms with Gasteiger partial charge in [0.1, 0.15) is 0 Å². The van der Waals surface area contributed by atoms with Crippen molar-refractivity contribution >= 4 is 34.8 Å². The van der Waals surface area contributed by atoms with Gasteiger partial charge in [0.2, 0.25) is 0 Å². The van der Waals surface area contributed by atoms with Crippen LogP contribution in [0.5, 0.6) is 0 Å². The minimum atomic E-state index is -0.144. The lowest BCUT2D eigenvalue weighted by Gasteiger charge is -2.14. The van der Waals surface area contributed by atoms with E-state index in [1.54, 1.807) is 11.8 Å². The molecule has 0 aromatic heterocycles. The van der Waals surface area contributed by atoms with Crippen LogP contribution in [0, 0.1) is 0 Å². The Bertz CT molecular complexity index is 895. The molecule has 5 heteroatoms. The number of carbonyl (C=O) groups is 1. The van der Waals surface area contributed by atoms with E-state index in [-0.39, 0.29) is 11.6 Å². The summed E-state index contributed by atoms with van der Waals surface area (Å²) in [6.45, 7) is 1.49. The van der Waals surface area contributed by atoms with E-state index in [1.165, 1.54) is 6.92 Å². The molecule has 0 saturated heterocycles. The van der Waals surface area contributed by atoms with Crippen molar-refractivity contribution in [2.45, 2.75) is 16.7 Å². The molecule has 0 aliphatic heterocycles. The SMILES string of the molecule is CC(=O)C(=Nc1ccccc1)NNc1ccccc1Sc1ccccc1. The normalized spacial score (nSPS) is 11.0. The average molecular weight is 361 g/mol. The number of Topliss-reactive ketones (excluding diaryl/α,β-unsaturated/α-hetero) is 1. The zero-order chi connectivity index (χ0) is 18.2. The molecule has 3 rings (SSSR count). The lowest BCUT2D eigenvalue weighted by atomic mass is 10.3. The number of nitrogens with zero attached hydrogens (tertiary/aromatic N) is 1. The van der Waals surface area contributed by atoms with Crippen LogP contribution in [0.2, 0.25) is 0 Å². The number of ketones is 1. The van der Waals surface area contributed by atoms with Gasteiger partial charge in [-0.05, 0) is 36.4 Å². The number of hydrogen-bond acceptors (Lipinski definition) is 4. The van der Waals surface area contributed by atoms with Crippen molar-refractivity contribution in [2.75, 3.05) is 5.43 Å². The Balaban J connectivity index is 1.76. The summed E-state index contributed by atoms with van der Waals surface area (Å²) in [7, 11) is 0. The van der Waals surface area contributed by atoms with E-state index < -0.39 is 0 Å². The quantitative estimate of drug-likeness (QED) is 0.365. The fourth-order valence-electron chi connectivity index (χ4n) is 2.23. The van der Waals surface area contributed by atoms with Crippen LogP contribution in [0.15, 0.2) is 99.7 Å². The number of para-hydroxylation sites is 2. The number of hydrogen-bond donors (Lipinski definition) is 2. The summed E-state index contributed by atoms with van der Waals surface area (Å²) < 4.78 is 0. The second-order valence-electron chi connectivity index (χ2n) is 5.51. The molecule has 26 heavy (non-hydrogen) atoms.